The van der Waals surface area contributed by atoms with Crippen molar-refractivity contribution >= 4 is 16.0 Å². The van der Waals surface area contributed by atoms with Crippen molar-refractivity contribution in [1.82, 2.24) is 15.6 Å². The van der Waals surface area contributed by atoms with Crippen LogP contribution in [0.2, 0.25) is 0 Å². The summed E-state index contributed by atoms with van der Waals surface area (Å²) in [4.78, 5) is 8.49. The van der Waals surface area contributed by atoms with Gasteiger partial charge in [0.1, 0.15) is 12.3 Å². The molecule has 22 heavy (non-hydrogen) atoms. The molecular weight excluding hydrogens is 306 g/mol. The van der Waals surface area contributed by atoms with Gasteiger partial charge in [-0.25, -0.2) is 23.5 Å². The highest BCUT2D eigenvalue weighted by atomic mass is 32.2. The van der Waals surface area contributed by atoms with Gasteiger partial charge in [0, 0.05) is 18.5 Å². The average molecular weight is 331 g/mol. The Labute approximate surface area is 131 Å². The third-order valence-electron chi connectivity index (χ3n) is 2.69. The summed E-state index contributed by atoms with van der Waals surface area (Å²) in [7, 11) is -3.49. The molecule has 0 unspecified atom stereocenters. The van der Waals surface area contributed by atoms with E-state index in [9.17, 15) is 8.42 Å². The Kier molecular flexibility index (Phi) is 6.36. The molecule has 1 heterocycles. The first kappa shape index (κ1) is 18.4. The number of nitrogens with zero attached hydrogens (tertiary/aromatic N) is 2. The van der Waals surface area contributed by atoms with Crippen LogP contribution >= 0.6 is 0 Å². The van der Waals surface area contributed by atoms with E-state index >= 15 is 0 Å². The first-order valence-corrected chi connectivity index (χ1v) is 8.81. The second-order valence-electron chi connectivity index (χ2n) is 5.86. The van der Waals surface area contributed by atoms with E-state index < -0.39 is 10.0 Å². The molecule has 1 aromatic heterocycles. The number of hydrogen-bond donors (Lipinski definition) is 3. The standard InChI is InChI=1S/C13H25N5O3S/c1-5-15-12(16-6-7-22(14,19)20)18-9-11-17-8-10(21-11)13(2,3)4/h8H,5-7,9H2,1-4H3,(H2,14,19,20)(H2,15,16,18). The van der Waals surface area contributed by atoms with E-state index in [1.807, 2.05) is 27.7 Å². The maximum Gasteiger partial charge on any atom is 0.216 e. The summed E-state index contributed by atoms with van der Waals surface area (Å²) in [5, 5.41) is 10.9. The first-order chi connectivity index (χ1) is 10.1. The molecule has 0 fully saturated rings. The van der Waals surface area contributed by atoms with Crippen LogP contribution in [0.5, 0.6) is 0 Å². The predicted molar refractivity (Wildman–Crippen MR) is 86.0 cm³/mol. The summed E-state index contributed by atoms with van der Waals surface area (Å²) >= 11 is 0. The topological polar surface area (TPSA) is 123 Å². The Morgan fingerprint density at radius 2 is 2.09 bits per heavy atom. The molecule has 0 amide bonds. The lowest BCUT2D eigenvalue weighted by Gasteiger charge is -2.13. The number of oxazole rings is 1. The lowest BCUT2D eigenvalue weighted by Crippen LogP contribution is -2.40. The number of rotatable bonds is 6. The molecule has 0 radical (unpaired) electrons. The van der Waals surface area contributed by atoms with E-state index in [-0.39, 0.29) is 24.3 Å². The summed E-state index contributed by atoms with van der Waals surface area (Å²) in [5.74, 6) is 1.63. The summed E-state index contributed by atoms with van der Waals surface area (Å²) in [6.45, 7) is 9.14. The van der Waals surface area contributed by atoms with Gasteiger partial charge in [-0.3, -0.25) is 0 Å². The molecule has 0 bridgehead atoms. The van der Waals surface area contributed by atoms with Gasteiger partial charge in [0.2, 0.25) is 15.9 Å². The van der Waals surface area contributed by atoms with Crippen molar-refractivity contribution in [2.75, 3.05) is 18.8 Å². The number of aliphatic imine (C=N–C) groups is 1. The number of aromatic nitrogens is 1. The number of sulfonamides is 1. The van der Waals surface area contributed by atoms with Crippen molar-refractivity contribution < 1.29 is 12.8 Å². The zero-order chi connectivity index (χ0) is 16.8. The smallest absolute Gasteiger partial charge is 0.216 e. The van der Waals surface area contributed by atoms with E-state index in [0.717, 1.165) is 5.76 Å². The van der Waals surface area contributed by atoms with E-state index in [1.165, 1.54) is 0 Å². The van der Waals surface area contributed by atoms with E-state index in [4.69, 9.17) is 9.56 Å². The van der Waals surface area contributed by atoms with Crippen molar-refractivity contribution in [3.8, 4) is 0 Å². The molecule has 0 aliphatic carbocycles. The number of nitrogens with one attached hydrogen (secondary N) is 2. The van der Waals surface area contributed by atoms with Gasteiger partial charge in [-0.05, 0) is 6.92 Å². The van der Waals surface area contributed by atoms with Crippen LogP contribution < -0.4 is 15.8 Å². The number of guanidine groups is 1. The highest BCUT2D eigenvalue weighted by Gasteiger charge is 2.19. The van der Waals surface area contributed by atoms with Crippen molar-refractivity contribution in [3.05, 3.63) is 17.8 Å². The summed E-state index contributed by atoms with van der Waals surface area (Å²) in [6.07, 6.45) is 1.70. The molecule has 0 aliphatic rings. The van der Waals surface area contributed by atoms with Crippen LogP contribution in [0.4, 0.5) is 0 Å². The van der Waals surface area contributed by atoms with Gasteiger partial charge < -0.3 is 15.1 Å². The zero-order valence-electron chi connectivity index (χ0n) is 13.5. The minimum absolute atomic E-state index is 0.104. The molecule has 0 atom stereocenters. The third-order valence-corrected chi connectivity index (χ3v) is 3.46. The van der Waals surface area contributed by atoms with Crippen molar-refractivity contribution in [1.29, 1.82) is 0 Å². The van der Waals surface area contributed by atoms with Gasteiger partial charge in [-0.1, -0.05) is 20.8 Å². The van der Waals surface area contributed by atoms with Crippen LogP contribution in [-0.2, 0) is 22.0 Å². The molecule has 0 aromatic carbocycles. The summed E-state index contributed by atoms with van der Waals surface area (Å²) in [6, 6.07) is 0. The SMILES string of the molecule is CCNC(=NCc1ncc(C(C)(C)C)o1)NCCS(N)(=O)=O. The average Bonchev–Trinajstić information content (AvgIpc) is 2.83. The minimum atomic E-state index is -3.49. The molecule has 126 valence electrons. The first-order valence-electron chi connectivity index (χ1n) is 7.09. The second kappa shape index (κ2) is 7.59. The summed E-state index contributed by atoms with van der Waals surface area (Å²) < 4.78 is 27.4. The Morgan fingerprint density at radius 3 is 2.59 bits per heavy atom. The number of primary sulfonamides is 1. The van der Waals surface area contributed by atoms with Gasteiger partial charge in [0.15, 0.2) is 5.96 Å². The van der Waals surface area contributed by atoms with Crippen LogP contribution in [0, 0.1) is 0 Å². The van der Waals surface area contributed by atoms with E-state index in [1.54, 1.807) is 6.20 Å². The molecule has 1 rings (SSSR count). The monoisotopic (exact) mass is 331 g/mol. The Hall–Kier alpha value is -1.61. The van der Waals surface area contributed by atoms with Gasteiger partial charge in [-0.2, -0.15) is 0 Å². The number of nitrogens with two attached hydrogens (primary N) is 1. The fraction of sp³-hybridized carbons (Fsp3) is 0.692. The normalized spacial score (nSPS) is 13.2. The van der Waals surface area contributed by atoms with Gasteiger partial charge in [-0.15, -0.1) is 0 Å². The molecule has 1 aromatic rings. The maximum atomic E-state index is 10.9. The lowest BCUT2D eigenvalue weighted by atomic mass is 9.94. The highest BCUT2D eigenvalue weighted by molar-refractivity contribution is 7.89. The van der Waals surface area contributed by atoms with Crippen molar-refractivity contribution in [2.24, 2.45) is 10.1 Å². The molecule has 9 heteroatoms. The molecule has 0 saturated heterocycles. The molecule has 4 N–H and O–H groups in total. The second-order valence-corrected chi connectivity index (χ2v) is 7.59. The molecule has 0 aliphatic heterocycles. The van der Waals surface area contributed by atoms with Gasteiger partial charge >= 0.3 is 0 Å². The molecule has 0 saturated carbocycles. The van der Waals surface area contributed by atoms with Crippen LogP contribution in [0.15, 0.2) is 15.6 Å². The fourth-order valence-electron chi connectivity index (χ4n) is 1.53. The van der Waals surface area contributed by atoms with Crippen molar-refractivity contribution in [3.63, 3.8) is 0 Å². The number of hydrogen-bond acceptors (Lipinski definition) is 5. The Balaban J connectivity index is 2.63. The Morgan fingerprint density at radius 1 is 1.41 bits per heavy atom. The van der Waals surface area contributed by atoms with Crippen LogP contribution in [-0.4, -0.2) is 38.2 Å². The minimum Gasteiger partial charge on any atom is -0.443 e. The van der Waals surface area contributed by atoms with E-state index in [0.29, 0.717) is 18.4 Å². The quantitative estimate of drug-likeness (QED) is 0.509. The fourth-order valence-corrected chi connectivity index (χ4v) is 1.92. The van der Waals surface area contributed by atoms with Crippen LogP contribution in [0.3, 0.4) is 0 Å². The molecule has 0 spiro atoms. The van der Waals surface area contributed by atoms with Crippen LogP contribution in [0.25, 0.3) is 0 Å². The zero-order valence-corrected chi connectivity index (χ0v) is 14.3. The Bertz CT molecular complexity index is 601. The van der Waals surface area contributed by atoms with Crippen molar-refractivity contribution in [2.45, 2.75) is 39.7 Å². The largest absolute Gasteiger partial charge is 0.443 e. The van der Waals surface area contributed by atoms with Gasteiger partial charge in [0.25, 0.3) is 0 Å². The molecular formula is C13H25N5O3S. The summed E-state index contributed by atoms with van der Waals surface area (Å²) in [5.41, 5.74) is -0.104. The predicted octanol–water partition coefficient (Wildman–Crippen LogP) is 0.316. The van der Waals surface area contributed by atoms with E-state index in [2.05, 4.69) is 20.6 Å². The third kappa shape index (κ3) is 6.90. The molecule has 8 nitrogen and oxygen atoms in total. The van der Waals surface area contributed by atoms with Crippen LogP contribution in [0.1, 0.15) is 39.3 Å². The van der Waals surface area contributed by atoms with Gasteiger partial charge in [0.05, 0.1) is 11.9 Å². The maximum absolute atomic E-state index is 10.9. The lowest BCUT2D eigenvalue weighted by molar-refractivity contribution is 0.383. The highest BCUT2D eigenvalue weighted by Crippen LogP contribution is 2.22.